The molecule has 0 aromatic heterocycles. The van der Waals surface area contributed by atoms with Gasteiger partial charge in [-0.15, -0.1) is 0 Å². The van der Waals surface area contributed by atoms with Crippen LogP contribution in [0.2, 0.25) is 0 Å². The van der Waals surface area contributed by atoms with E-state index in [1.165, 1.54) is 6.07 Å². The van der Waals surface area contributed by atoms with E-state index in [4.69, 9.17) is 15.4 Å². The van der Waals surface area contributed by atoms with Gasteiger partial charge in [-0.05, 0) is 50.5 Å². The largest absolute Gasteiger partial charge is 0.490 e. The van der Waals surface area contributed by atoms with Crippen molar-refractivity contribution in [1.82, 2.24) is 0 Å². The van der Waals surface area contributed by atoms with Crippen molar-refractivity contribution < 1.29 is 13.2 Å². The Labute approximate surface area is 107 Å². The summed E-state index contributed by atoms with van der Waals surface area (Å²) in [6.45, 7) is 7.57. The van der Waals surface area contributed by atoms with E-state index in [2.05, 4.69) is 0 Å². The van der Waals surface area contributed by atoms with E-state index < -0.39 is 9.05 Å². The van der Waals surface area contributed by atoms with Gasteiger partial charge in [0.2, 0.25) is 0 Å². The van der Waals surface area contributed by atoms with Crippen LogP contribution in [0, 0.1) is 13.8 Å². The number of ether oxygens (including phenoxy) is 1. The topological polar surface area (TPSA) is 43.4 Å². The first-order valence-corrected chi connectivity index (χ1v) is 7.79. The summed E-state index contributed by atoms with van der Waals surface area (Å²) >= 11 is 0. The first kappa shape index (κ1) is 14.3. The maximum absolute atomic E-state index is 11.3. The highest BCUT2D eigenvalue weighted by molar-refractivity contribution is 8.13. The number of hydrogen-bond donors (Lipinski definition) is 0. The highest BCUT2D eigenvalue weighted by Gasteiger charge is 2.17. The predicted octanol–water partition coefficient (Wildman–Crippen LogP) is 3.41. The third kappa shape index (κ3) is 3.36. The number of halogens is 1. The van der Waals surface area contributed by atoms with E-state index in [1.807, 2.05) is 20.8 Å². The molecule has 0 saturated carbocycles. The lowest BCUT2D eigenvalue weighted by molar-refractivity contribution is 0.215. The summed E-state index contributed by atoms with van der Waals surface area (Å²) in [5.74, 6) is 0.709. The van der Waals surface area contributed by atoms with Gasteiger partial charge >= 0.3 is 0 Å². The van der Waals surface area contributed by atoms with Crippen molar-refractivity contribution in [2.45, 2.75) is 45.1 Å². The molecule has 0 spiro atoms. The van der Waals surface area contributed by atoms with Crippen molar-refractivity contribution in [1.29, 1.82) is 0 Å². The zero-order chi connectivity index (χ0) is 13.2. The van der Waals surface area contributed by atoms with Crippen LogP contribution in [0.4, 0.5) is 0 Å². The SMILES string of the molecule is CCC(C)Oc1ccc(S(=O)(=O)Cl)c(C)c1C. The first-order chi connectivity index (χ1) is 7.77. The average molecular weight is 277 g/mol. The molecule has 1 aromatic rings. The van der Waals surface area contributed by atoms with Crippen LogP contribution in [0.1, 0.15) is 31.4 Å². The van der Waals surface area contributed by atoms with Crippen molar-refractivity contribution in [3.8, 4) is 5.75 Å². The molecular formula is C12H17ClO3S. The predicted molar refractivity (Wildman–Crippen MR) is 69.3 cm³/mol. The Bertz CT molecular complexity index is 509. The number of hydrogen-bond acceptors (Lipinski definition) is 3. The second-order valence-electron chi connectivity index (χ2n) is 4.09. The zero-order valence-electron chi connectivity index (χ0n) is 10.5. The molecule has 3 nitrogen and oxygen atoms in total. The van der Waals surface area contributed by atoms with Gasteiger partial charge in [-0.25, -0.2) is 8.42 Å². The molecule has 96 valence electrons. The minimum absolute atomic E-state index is 0.103. The Morgan fingerprint density at radius 1 is 1.29 bits per heavy atom. The van der Waals surface area contributed by atoms with Crippen molar-refractivity contribution >= 4 is 19.7 Å². The van der Waals surface area contributed by atoms with Gasteiger partial charge in [-0.3, -0.25) is 0 Å². The lowest BCUT2D eigenvalue weighted by atomic mass is 10.1. The van der Waals surface area contributed by atoms with Crippen LogP contribution in [-0.2, 0) is 9.05 Å². The summed E-state index contributed by atoms with van der Waals surface area (Å²) in [5.41, 5.74) is 1.45. The lowest BCUT2D eigenvalue weighted by Crippen LogP contribution is -2.11. The summed E-state index contributed by atoms with van der Waals surface area (Å²) in [4.78, 5) is 0.146. The van der Waals surface area contributed by atoms with E-state index in [-0.39, 0.29) is 11.0 Å². The maximum Gasteiger partial charge on any atom is 0.261 e. The molecule has 0 bridgehead atoms. The van der Waals surface area contributed by atoms with Crippen molar-refractivity contribution in [3.63, 3.8) is 0 Å². The van der Waals surface area contributed by atoms with Crippen LogP contribution < -0.4 is 4.74 Å². The zero-order valence-corrected chi connectivity index (χ0v) is 12.0. The number of rotatable bonds is 4. The Hall–Kier alpha value is -0.740. The average Bonchev–Trinajstić information content (AvgIpc) is 2.22. The Morgan fingerprint density at radius 3 is 2.35 bits per heavy atom. The second kappa shape index (κ2) is 5.27. The molecule has 0 aliphatic rings. The molecule has 0 heterocycles. The van der Waals surface area contributed by atoms with Crippen molar-refractivity contribution in [2.24, 2.45) is 0 Å². The fourth-order valence-corrected chi connectivity index (χ4v) is 2.71. The third-order valence-corrected chi connectivity index (χ3v) is 4.32. The van der Waals surface area contributed by atoms with E-state index in [9.17, 15) is 8.42 Å². The highest BCUT2D eigenvalue weighted by atomic mass is 35.7. The second-order valence-corrected chi connectivity index (χ2v) is 6.62. The molecule has 0 aliphatic carbocycles. The fraction of sp³-hybridized carbons (Fsp3) is 0.500. The molecule has 1 atom stereocenters. The third-order valence-electron chi connectivity index (χ3n) is 2.85. The summed E-state index contributed by atoms with van der Waals surface area (Å²) in [6.07, 6.45) is 1.00. The fourth-order valence-electron chi connectivity index (χ4n) is 1.46. The molecule has 5 heteroatoms. The summed E-state index contributed by atoms with van der Waals surface area (Å²) in [5, 5.41) is 0. The Morgan fingerprint density at radius 2 is 1.88 bits per heavy atom. The highest BCUT2D eigenvalue weighted by Crippen LogP contribution is 2.29. The van der Waals surface area contributed by atoms with Gasteiger partial charge in [0.05, 0.1) is 11.0 Å². The van der Waals surface area contributed by atoms with Gasteiger partial charge in [0.15, 0.2) is 0 Å². The molecular weight excluding hydrogens is 260 g/mol. The lowest BCUT2D eigenvalue weighted by Gasteiger charge is -2.17. The van der Waals surface area contributed by atoms with Crippen LogP contribution in [0.25, 0.3) is 0 Å². The van der Waals surface area contributed by atoms with Gasteiger partial charge in [-0.1, -0.05) is 6.92 Å². The molecule has 17 heavy (non-hydrogen) atoms. The molecule has 0 saturated heterocycles. The first-order valence-electron chi connectivity index (χ1n) is 5.48. The van der Waals surface area contributed by atoms with Crippen molar-refractivity contribution in [3.05, 3.63) is 23.3 Å². The van der Waals surface area contributed by atoms with Crippen LogP contribution in [-0.4, -0.2) is 14.5 Å². The maximum atomic E-state index is 11.3. The molecule has 0 aliphatic heterocycles. The van der Waals surface area contributed by atoms with Crippen LogP contribution in [0.15, 0.2) is 17.0 Å². The van der Waals surface area contributed by atoms with Crippen molar-refractivity contribution in [2.75, 3.05) is 0 Å². The summed E-state index contributed by atoms with van der Waals surface area (Å²) < 4.78 is 28.3. The molecule has 0 fully saturated rings. The molecule has 0 amide bonds. The van der Waals surface area contributed by atoms with Gasteiger partial charge in [0, 0.05) is 10.7 Å². The quantitative estimate of drug-likeness (QED) is 0.792. The molecule has 1 unspecified atom stereocenters. The van der Waals surface area contributed by atoms with Gasteiger partial charge in [0.25, 0.3) is 9.05 Å². The Kier molecular flexibility index (Phi) is 4.44. The molecule has 1 rings (SSSR count). The van der Waals surface area contributed by atoms with Gasteiger partial charge in [-0.2, -0.15) is 0 Å². The summed E-state index contributed by atoms with van der Waals surface area (Å²) in [7, 11) is 1.66. The van der Waals surface area contributed by atoms with Crippen LogP contribution >= 0.6 is 10.7 Å². The van der Waals surface area contributed by atoms with Crippen LogP contribution in [0.5, 0.6) is 5.75 Å². The normalized spacial score (nSPS) is 13.5. The minimum Gasteiger partial charge on any atom is -0.490 e. The molecule has 1 aromatic carbocycles. The Balaban J connectivity index is 3.20. The minimum atomic E-state index is -3.69. The van der Waals surface area contributed by atoms with E-state index in [1.54, 1.807) is 13.0 Å². The van der Waals surface area contributed by atoms with E-state index in [0.717, 1.165) is 12.0 Å². The standard InChI is InChI=1S/C12H17ClO3S/c1-5-8(2)16-11-6-7-12(17(13,14)15)10(4)9(11)3/h6-8H,5H2,1-4H3. The van der Waals surface area contributed by atoms with Crippen LogP contribution in [0.3, 0.4) is 0 Å². The smallest absolute Gasteiger partial charge is 0.261 e. The van der Waals surface area contributed by atoms with Gasteiger partial charge in [0.1, 0.15) is 5.75 Å². The number of benzene rings is 1. The van der Waals surface area contributed by atoms with E-state index in [0.29, 0.717) is 11.3 Å². The summed E-state index contributed by atoms with van der Waals surface area (Å²) in [6, 6.07) is 3.14. The van der Waals surface area contributed by atoms with E-state index >= 15 is 0 Å². The molecule has 0 radical (unpaired) electrons. The molecule has 0 N–H and O–H groups in total. The monoisotopic (exact) mass is 276 g/mol. The van der Waals surface area contributed by atoms with Gasteiger partial charge < -0.3 is 4.74 Å².